The Hall–Kier alpha value is -1.55. The summed E-state index contributed by atoms with van der Waals surface area (Å²) >= 11 is 6.11. The topological polar surface area (TPSA) is 57.6 Å². The third-order valence-electron chi connectivity index (χ3n) is 3.61. The molecule has 1 heterocycles. The molecule has 1 aromatic carbocycles. The van der Waals surface area contributed by atoms with Gasteiger partial charge in [0.05, 0.1) is 10.6 Å². The molecular formula is C14H16ClNO3. The van der Waals surface area contributed by atoms with Gasteiger partial charge in [-0.1, -0.05) is 11.6 Å². The monoisotopic (exact) mass is 281 g/mol. The van der Waals surface area contributed by atoms with Crippen molar-refractivity contribution >= 4 is 23.5 Å². The van der Waals surface area contributed by atoms with Crippen LogP contribution in [-0.2, 0) is 4.79 Å². The van der Waals surface area contributed by atoms with E-state index in [0.29, 0.717) is 30.0 Å². The van der Waals surface area contributed by atoms with Crippen molar-refractivity contribution in [2.45, 2.75) is 32.7 Å². The van der Waals surface area contributed by atoms with Crippen LogP contribution >= 0.6 is 11.6 Å². The first-order chi connectivity index (χ1) is 8.91. The van der Waals surface area contributed by atoms with E-state index >= 15 is 0 Å². The summed E-state index contributed by atoms with van der Waals surface area (Å²) in [6, 6.07) is 2.75. The zero-order valence-electron chi connectivity index (χ0n) is 10.9. The summed E-state index contributed by atoms with van der Waals surface area (Å²) in [5.41, 5.74) is 2.37. The second-order valence-electron chi connectivity index (χ2n) is 4.91. The minimum absolute atomic E-state index is 0.294. The summed E-state index contributed by atoms with van der Waals surface area (Å²) in [6.45, 7) is 4.30. The molecule has 5 heteroatoms. The largest absolute Gasteiger partial charge is 0.480 e. The molecule has 102 valence electrons. The summed E-state index contributed by atoms with van der Waals surface area (Å²) in [5, 5.41) is 9.50. The van der Waals surface area contributed by atoms with Gasteiger partial charge in [-0.05, 0) is 49.9 Å². The van der Waals surface area contributed by atoms with Crippen molar-refractivity contribution < 1.29 is 14.7 Å². The SMILES string of the molecule is Cc1cc(Cl)c(C(=O)N2CCC[C@@H]2C(=O)O)cc1C. The lowest BCUT2D eigenvalue weighted by atomic mass is 10.0. The zero-order valence-corrected chi connectivity index (χ0v) is 11.7. The van der Waals surface area contributed by atoms with E-state index < -0.39 is 12.0 Å². The normalized spacial score (nSPS) is 18.7. The third-order valence-corrected chi connectivity index (χ3v) is 3.93. The lowest BCUT2D eigenvalue weighted by Gasteiger charge is -2.22. The number of carboxylic acid groups (broad SMARTS) is 1. The molecule has 1 N–H and O–H groups in total. The molecule has 1 fully saturated rings. The van der Waals surface area contributed by atoms with E-state index in [1.807, 2.05) is 13.8 Å². The molecule has 1 aliphatic rings. The Morgan fingerprint density at radius 1 is 1.32 bits per heavy atom. The van der Waals surface area contributed by atoms with E-state index in [0.717, 1.165) is 11.1 Å². The minimum atomic E-state index is -0.953. The van der Waals surface area contributed by atoms with Gasteiger partial charge < -0.3 is 10.0 Å². The fourth-order valence-corrected chi connectivity index (χ4v) is 2.67. The molecule has 19 heavy (non-hydrogen) atoms. The van der Waals surface area contributed by atoms with Crippen LogP contribution in [0, 0.1) is 13.8 Å². The molecule has 0 saturated carbocycles. The van der Waals surface area contributed by atoms with Gasteiger partial charge >= 0.3 is 5.97 Å². The number of aryl methyl sites for hydroxylation is 2. The molecule has 1 atom stereocenters. The average molecular weight is 282 g/mol. The van der Waals surface area contributed by atoms with E-state index in [1.165, 1.54) is 4.90 Å². The van der Waals surface area contributed by atoms with Crippen LogP contribution in [0.2, 0.25) is 5.02 Å². The predicted molar refractivity (Wildman–Crippen MR) is 72.6 cm³/mol. The molecule has 1 amide bonds. The maximum atomic E-state index is 12.4. The molecule has 4 nitrogen and oxygen atoms in total. The Bertz CT molecular complexity index is 542. The highest BCUT2D eigenvalue weighted by Crippen LogP contribution is 2.26. The van der Waals surface area contributed by atoms with E-state index in [-0.39, 0.29) is 5.91 Å². The number of nitrogens with zero attached hydrogens (tertiary/aromatic N) is 1. The number of carbonyl (C=O) groups is 2. The molecule has 1 aromatic rings. The Balaban J connectivity index is 2.34. The van der Waals surface area contributed by atoms with Crippen LogP contribution in [0.4, 0.5) is 0 Å². The van der Waals surface area contributed by atoms with Crippen LogP contribution in [-0.4, -0.2) is 34.5 Å². The number of hydrogen-bond donors (Lipinski definition) is 1. The van der Waals surface area contributed by atoms with Gasteiger partial charge in [0, 0.05) is 6.54 Å². The Morgan fingerprint density at radius 2 is 1.95 bits per heavy atom. The van der Waals surface area contributed by atoms with Crippen LogP contribution in [0.25, 0.3) is 0 Å². The number of rotatable bonds is 2. The zero-order chi connectivity index (χ0) is 14.2. The van der Waals surface area contributed by atoms with Crippen molar-refractivity contribution in [1.29, 1.82) is 0 Å². The van der Waals surface area contributed by atoms with Gasteiger partial charge in [0.1, 0.15) is 6.04 Å². The molecule has 0 spiro atoms. The number of hydrogen-bond acceptors (Lipinski definition) is 2. The number of likely N-dealkylation sites (tertiary alicyclic amines) is 1. The molecule has 0 unspecified atom stereocenters. The lowest BCUT2D eigenvalue weighted by molar-refractivity contribution is -0.141. The molecular weight excluding hydrogens is 266 g/mol. The van der Waals surface area contributed by atoms with E-state index in [4.69, 9.17) is 16.7 Å². The number of halogens is 1. The van der Waals surface area contributed by atoms with E-state index in [2.05, 4.69) is 0 Å². The van der Waals surface area contributed by atoms with Gasteiger partial charge in [-0.3, -0.25) is 4.79 Å². The molecule has 0 bridgehead atoms. The lowest BCUT2D eigenvalue weighted by Crippen LogP contribution is -2.40. The van der Waals surface area contributed by atoms with Gasteiger partial charge in [0.25, 0.3) is 5.91 Å². The van der Waals surface area contributed by atoms with Gasteiger partial charge in [0.15, 0.2) is 0 Å². The Morgan fingerprint density at radius 3 is 2.58 bits per heavy atom. The molecule has 2 rings (SSSR count). The highest BCUT2D eigenvalue weighted by molar-refractivity contribution is 6.34. The predicted octanol–water partition coefficient (Wildman–Crippen LogP) is 2.65. The second kappa shape index (κ2) is 5.21. The Kier molecular flexibility index (Phi) is 3.80. The third kappa shape index (κ3) is 2.59. The number of benzene rings is 1. The average Bonchev–Trinajstić information content (AvgIpc) is 2.82. The summed E-state index contributed by atoms with van der Waals surface area (Å²) in [4.78, 5) is 25.0. The van der Waals surface area contributed by atoms with Crippen molar-refractivity contribution in [1.82, 2.24) is 4.90 Å². The summed E-state index contributed by atoms with van der Waals surface area (Å²) in [7, 11) is 0. The summed E-state index contributed by atoms with van der Waals surface area (Å²) in [6.07, 6.45) is 1.22. The maximum absolute atomic E-state index is 12.4. The van der Waals surface area contributed by atoms with E-state index in [1.54, 1.807) is 12.1 Å². The van der Waals surface area contributed by atoms with Crippen LogP contribution in [0.1, 0.15) is 34.3 Å². The number of carboxylic acids is 1. The Labute approximate surface area is 117 Å². The smallest absolute Gasteiger partial charge is 0.326 e. The molecule has 0 radical (unpaired) electrons. The molecule has 1 saturated heterocycles. The van der Waals surface area contributed by atoms with Crippen LogP contribution < -0.4 is 0 Å². The second-order valence-corrected chi connectivity index (χ2v) is 5.32. The fraction of sp³-hybridized carbons (Fsp3) is 0.429. The standard InChI is InChI=1S/C14H16ClNO3/c1-8-6-10(11(15)7-9(8)2)13(17)16-5-3-4-12(16)14(18)19/h6-7,12H,3-5H2,1-2H3,(H,18,19)/t12-/m1/s1. The fourth-order valence-electron chi connectivity index (χ4n) is 2.37. The quantitative estimate of drug-likeness (QED) is 0.907. The first-order valence-corrected chi connectivity index (χ1v) is 6.60. The van der Waals surface area contributed by atoms with Crippen molar-refractivity contribution in [2.75, 3.05) is 6.54 Å². The van der Waals surface area contributed by atoms with Gasteiger partial charge in [-0.2, -0.15) is 0 Å². The number of carbonyl (C=O) groups excluding carboxylic acids is 1. The molecule has 0 aliphatic carbocycles. The van der Waals surface area contributed by atoms with Crippen LogP contribution in [0.3, 0.4) is 0 Å². The summed E-state index contributed by atoms with van der Waals surface area (Å²) in [5.74, 6) is -1.25. The number of amides is 1. The van der Waals surface area contributed by atoms with Gasteiger partial charge in [-0.15, -0.1) is 0 Å². The molecule has 0 aromatic heterocycles. The van der Waals surface area contributed by atoms with Crippen LogP contribution in [0.15, 0.2) is 12.1 Å². The maximum Gasteiger partial charge on any atom is 0.326 e. The van der Waals surface area contributed by atoms with Gasteiger partial charge in [-0.25, -0.2) is 4.79 Å². The van der Waals surface area contributed by atoms with Gasteiger partial charge in [0.2, 0.25) is 0 Å². The first kappa shape index (κ1) is 13.9. The highest BCUT2D eigenvalue weighted by atomic mass is 35.5. The number of aliphatic carboxylic acids is 1. The van der Waals surface area contributed by atoms with Crippen molar-refractivity contribution in [3.8, 4) is 0 Å². The van der Waals surface area contributed by atoms with E-state index in [9.17, 15) is 9.59 Å². The minimum Gasteiger partial charge on any atom is -0.480 e. The highest BCUT2D eigenvalue weighted by Gasteiger charge is 2.35. The van der Waals surface area contributed by atoms with Crippen molar-refractivity contribution in [3.63, 3.8) is 0 Å². The van der Waals surface area contributed by atoms with Crippen LogP contribution in [0.5, 0.6) is 0 Å². The summed E-state index contributed by atoms with van der Waals surface area (Å²) < 4.78 is 0. The first-order valence-electron chi connectivity index (χ1n) is 6.22. The van der Waals surface area contributed by atoms with Crippen molar-refractivity contribution in [3.05, 3.63) is 33.8 Å². The molecule has 1 aliphatic heterocycles. The van der Waals surface area contributed by atoms with Crippen molar-refractivity contribution in [2.24, 2.45) is 0 Å².